The first-order valence-electron chi connectivity index (χ1n) is 5.17. The van der Waals surface area contributed by atoms with Gasteiger partial charge in [0, 0.05) is 19.8 Å². The molecule has 90 valence electrons. The van der Waals surface area contributed by atoms with Crippen molar-refractivity contribution in [3.8, 4) is 0 Å². The maximum absolute atomic E-state index is 5.16. The van der Waals surface area contributed by atoms with Crippen LogP contribution in [0.25, 0.3) is 10.2 Å². The van der Waals surface area contributed by atoms with Crippen molar-refractivity contribution < 1.29 is 0 Å². The zero-order valence-electron chi connectivity index (χ0n) is 9.94. The molecular weight excluding hydrogens is 252 g/mol. The number of thiocarbonyl (C=S) groups is 1. The highest BCUT2D eigenvalue weighted by Crippen LogP contribution is 2.24. The van der Waals surface area contributed by atoms with Gasteiger partial charge in [0.05, 0.1) is 15.2 Å². The fourth-order valence-corrected chi connectivity index (χ4v) is 2.65. The highest BCUT2D eigenvalue weighted by Gasteiger charge is 2.03. The lowest BCUT2D eigenvalue weighted by molar-refractivity contribution is 0.365. The first kappa shape index (κ1) is 12.2. The largest absolute Gasteiger partial charge is 0.332 e. The predicted molar refractivity (Wildman–Crippen MR) is 77.4 cm³/mol. The van der Waals surface area contributed by atoms with Crippen LogP contribution in [0.4, 0.5) is 5.69 Å². The Morgan fingerprint density at radius 3 is 2.88 bits per heavy atom. The molecule has 0 unspecified atom stereocenters. The lowest BCUT2D eigenvalue weighted by Gasteiger charge is -2.15. The minimum Gasteiger partial charge on any atom is -0.332 e. The molecule has 0 saturated heterocycles. The maximum atomic E-state index is 5.16. The highest BCUT2D eigenvalue weighted by molar-refractivity contribution is 7.80. The second-order valence-electron chi connectivity index (χ2n) is 3.88. The van der Waals surface area contributed by atoms with E-state index in [1.54, 1.807) is 16.3 Å². The van der Waals surface area contributed by atoms with Gasteiger partial charge in [-0.25, -0.2) is 9.99 Å². The number of thiazole rings is 1. The molecule has 0 radical (unpaired) electrons. The molecule has 0 fully saturated rings. The predicted octanol–water partition coefficient (Wildman–Crippen LogP) is 2.37. The molecule has 0 atom stereocenters. The van der Waals surface area contributed by atoms with E-state index in [0.717, 1.165) is 16.2 Å². The number of hydrogen-bond donors (Lipinski definition) is 2. The molecule has 4 nitrogen and oxygen atoms in total. The van der Waals surface area contributed by atoms with Crippen molar-refractivity contribution in [2.24, 2.45) is 0 Å². The Hall–Kier alpha value is -1.24. The molecule has 0 saturated carbocycles. The smallest absolute Gasteiger partial charge is 0.185 e. The van der Waals surface area contributed by atoms with Crippen LogP contribution >= 0.6 is 23.6 Å². The number of aryl methyl sites for hydroxylation is 1. The summed E-state index contributed by atoms with van der Waals surface area (Å²) in [6.07, 6.45) is 0. The molecule has 0 aliphatic heterocycles. The number of fused-ring (bicyclic) bond motifs is 1. The monoisotopic (exact) mass is 266 g/mol. The summed E-state index contributed by atoms with van der Waals surface area (Å²) in [6, 6.07) is 6.04. The van der Waals surface area contributed by atoms with Crippen molar-refractivity contribution in [2.75, 3.05) is 19.4 Å². The topological polar surface area (TPSA) is 40.2 Å². The van der Waals surface area contributed by atoms with Gasteiger partial charge in [-0.2, -0.15) is 0 Å². The van der Waals surface area contributed by atoms with Crippen molar-refractivity contribution in [1.82, 2.24) is 15.4 Å². The third kappa shape index (κ3) is 3.12. The van der Waals surface area contributed by atoms with Crippen molar-refractivity contribution in [2.45, 2.75) is 6.92 Å². The van der Waals surface area contributed by atoms with Gasteiger partial charge in [-0.1, -0.05) is 0 Å². The minimum absolute atomic E-state index is 0.579. The quantitative estimate of drug-likeness (QED) is 0.645. The first-order chi connectivity index (χ1) is 8.04. The van der Waals surface area contributed by atoms with E-state index in [1.807, 2.05) is 33.2 Å². The number of aromatic nitrogens is 1. The van der Waals surface area contributed by atoms with Crippen LogP contribution in [0, 0.1) is 6.92 Å². The van der Waals surface area contributed by atoms with E-state index < -0.39 is 0 Å². The van der Waals surface area contributed by atoms with Crippen LogP contribution in [0.3, 0.4) is 0 Å². The van der Waals surface area contributed by atoms with Gasteiger partial charge in [0.2, 0.25) is 0 Å². The van der Waals surface area contributed by atoms with Crippen LogP contribution < -0.4 is 10.7 Å². The molecule has 2 N–H and O–H groups in total. The van der Waals surface area contributed by atoms with E-state index in [0.29, 0.717) is 5.11 Å². The third-order valence-corrected chi connectivity index (χ3v) is 3.21. The fraction of sp³-hybridized carbons (Fsp3) is 0.273. The number of hydrogen-bond acceptors (Lipinski definition) is 4. The van der Waals surface area contributed by atoms with Crippen LogP contribution in [0.15, 0.2) is 18.2 Å². The van der Waals surface area contributed by atoms with Crippen molar-refractivity contribution in [3.05, 3.63) is 23.2 Å². The van der Waals surface area contributed by atoms with E-state index in [4.69, 9.17) is 12.2 Å². The fourth-order valence-electron chi connectivity index (χ4n) is 1.48. The number of hydrazine groups is 1. The normalized spacial score (nSPS) is 10.8. The molecular formula is C11H14N4S2. The number of rotatable bonds is 2. The van der Waals surface area contributed by atoms with Crippen molar-refractivity contribution in [3.63, 3.8) is 0 Å². The van der Waals surface area contributed by atoms with E-state index in [9.17, 15) is 0 Å². The Balaban J connectivity index is 2.16. The average Bonchev–Trinajstić information content (AvgIpc) is 2.55. The number of anilines is 1. The third-order valence-electron chi connectivity index (χ3n) is 2.08. The average molecular weight is 266 g/mol. The molecule has 2 aromatic rings. The van der Waals surface area contributed by atoms with Gasteiger partial charge >= 0.3 is 0 Å². The zero-order valence-corrected chi connectivity index (χ0v) is 11.6. The summed E-state index contributed by atoms with van der Waals surface area (Å²) in [5.74, 6) is 0. The van der Waals surface area contributed by atoms with Crippen LogP contribution in [0.5, 0.6) is 0 Å². The van der Waals surface area contributed by atoms with E-state index in [1.165, 1.54) is 4.70 Å². The highest BCUT2D eigenvalue weighted by atomic mass is 32.1. The van der Waals surface area contributed by atoms with Gasteiger partial charge in [-0.05, 0) is 37.3 Å². The molecule has 1 aromatic carbocycles. The molecule has 1 aromatic heterocycles. The van der Waals surface area contributed by atoms with Crippen LogP contribution in [0.2, 0.25) is 0 Å². The van der Waals surface area contributed by atoms with Crippen molar-refractivity contribution >= 4 is 44.6 Å². The Morgan fingerprint density at radius 2 is 2.18 bits per heavy atom. The lowest BCUT2D eigenvalue weighted by Crippen LogP contribution is -2.38. The Bertz CT molecular complexity index is 547. The molecule has 0 aliphatic carbocycles. The molecule has 0 spiro atoms. The molecule has 0 amide bonds. The first-order valence-corrected chi connectivity index (χ1v) is 6.39. The SMILES string of the molecule is Cc1nc2ccc(NC(=S)NN(C)C)cc2s1. The second-order valence-corrected chi connectivity index (χ2v) is 5.52. The number of nitrogens with one attached hydrogen (secondary N) is 2. The standard InChI is InChI=1S/C11H14N4S2/c1-7-12-9-5-4-8(6-10(9)17-7)13-11(16)14-15(2)3/h4-6H,1-3H3,(H2,13,14,16). The molecule has 1 heterocycles. The van der Waals surface area contributed by atoms with Crippen molar-refractivity contribution in [1.29, 1.82) is 0 Å². The Morgan fingerprint density at radius 1 is 1.41 bits per heavy atom. The summed E-state index contributed by atoms with van der Waals surface area (Å²) in [5, 5.41) is 6.58. The number of benzene rings is 1. The van der Waals surface area contributed by atoms with Gasteiger partial charge < -0.3 is 5.32 Å². The minimum atomic E-state index is 0.579. The summed E-state index contributed by atoms with van der Waals surface area (Å²) in [5.41, 5.74) is 4.99. The van der Waals surface area contributed by atoms with Gasteiger partial charge in [-0.3, -0.25) is 5.43 Å². The molecule has 6 heteroatoms. The zero-order chi connectivity index (χ0) is 12.4. The lowest BCUT2D eigenvalue weighted by atomic mass is 10.3. The van der Waals surface area contributed by atoms with Crippen LogP contribution in [0.1, 0.15) is 5.01 Å². The molecule has 0 bridgehead atoms. The maximum Gasteiger partial charge on any atom is 0.185 e. The van der Waals surface area contributed by atoms with Crippen LogP contribution in [-0.4, -0.2) is 29.2 Å². The summed E-state index contributed by atoms with van der Waals surface area (Å²) >= 11 is 6.85. The summed E-state index contributed by atoms with van der Waals surface area (Å²) in [6.45, 7) is 2.01. The Labute approximate surface area is 110 Å². The van der Waals surface area contributed by atoms with Crippen LogP contribution in [-0.2, 0) is 0 Å². The van der Waals surface area contributed by atoms with E-state index in [-0.39, 0.29) is 0 Å². The van der Waals surface area contributed by atoms with Gasteiger partial charge in [-0.15, -0.1) is 11.3 Å². The van der Waals surface area contributed by atoms with Gasteiger partial charge in [0.25, 0.3) is 0 Å². The molecule has 17 heavy (non-hydrogen) atoms. The van der Waals surface area contributed by atoms with E-state index >= 15 is 0 Å². The summed E-state index contributed by atoms with van der Waals surface area (Å²) < 4.78 is 1.17. The van der Waals surface area contributed by atoms with E-state index in [2.05, 4.69) is 21.8 Å². The number of nitrogens with zero attached hydrogens (tertiary/aromatic N) is 2. The van der Waals surface area contributed by atoms with Gasteiger partial charge in [0.15, 0.2) is 5.11 Å². The Kier molecular flexibility index (Phi) is 3.56. The summed E-state index contributed by atoms with van der Waals surface area (Å²) in [4.78, 5) is 4.42. The second kappa shape index (κ2) is 4.95. The summed E-state index contributed by atoms with van der Waals surface area (Å²) in [7, 11) is 3.79. The molecule has 0 aliphatic rings. The molecule has 2 rings (SSSR count). The van der Waals surface area contributed by atoms with Gasteiger partial charge in [0.1, 0.15) is 0 Å².